The fraction of sp³-hybridized carbons (Fsp3) is 0.0714. The molecule has 21 heavy (non-hydrogen) atoms. The van der Waals surface area contributed by atoms with Crippen LogP contribution in [0.5, 0.6) is 0 Å². The molecule has 2 aromatic rings. The normalized spacial score (nSPS) is 10.2. The van der Waals surface area contributed by atoms with Gasteiger partial charge in [0.25, 0.3) is 5.69 Å². The van der Waals surface area contributed by atoms with Crippen LogP contribution in [0.3, 0.4) is 0 Å². The number of amides is 1. The first-order chi connectivity index (χ1) is 9.95. The van der Waals surface area contributed by atoms with Crippen molar-refractivity contribution in [3.8, 4) is 0 Å². The van der Waals surface area contributed by atoms with Crippen molar-refractivity contribution in [2.45, 2.75) is 6.42 Å². The van der Waals surface area contributed by atoms with Crippen LogP contribution < -0.4 is 5.32 Å². The molecule has 0 unspecified atom stereocenters. The fourth-order valence-corrected chi connectivity index (χ4v) is 1.95. The Bertz CT molecular complexity index is 689. The van der Waals surface area contributed by atoms with Crippen molar-refractivity contribution in [3.63, 3.8) is 0 Å². The first-order valence-corrected chi connectivity index (χ1v) is 6.73. The number of nitro groups is 1. The SMILES string of the molecule is O=C(Cc1ccc([N+](=O)[O-])cc1)Nc1ccc(Br)c(F)c1. The molecule has 0 spiro atoms. The summed E-state index contributed by atoms with van der Waals surface area (Å²) in [7, 11) is 0. The van der Waals surface area contributed by atoms with E-state index in [4.69, 9.17) is 0 Å². The number of carbonyl (C=O) groups excluding carboxylic acids is 1. The number of hydrogen-bond donors (Lipinski definition) is 1. The van der Waals surface area contributed by atoms with Crippen molar-refractivity contribution in [1.29, 1.82) is 0 Å². The maximum absolute atomic E-state index is 13.3. The lowest BCUT2D eigenvalue weighted by molar-refractivity contribution is -0.384. The van der Waals surface area contributed by atoms with Crippen LogP contribution in [0.1, 0.15) is 5.56 Å². The van der Waals surface area contributed by atoms with Gasteiger partial charge in [-0.05, 0) is 39.7 Å². The highest BCUT2D eigenvalue weighted by Gasteiger charge is 2.08. The summed E-state index contributed by atoms with van der Waals surface area (Å²) in [5.41, 5.74) is 0.951. The maximum atomic E-state index is 13.3. The molecule has 0 aliphatic heterocycles. The minimum atomic E-state index is -0.505. The van der Waals surface area contributed by atoms with Crippen molar-refractivity contribution in [3.05, 3.63) is 68.4 Å². The summed E-state index contributed by atoms with van der Waals surface area (Å²) >= 11 is 3.03. The van der Waals surface area contributed by atoms with Gasteiger partial charge in [0.2, 0.25) is 5.91 Å². The zero-order valence-electron chi connectivity index (χ0n) is 10.7. The molecule has 0 fully saturated rings. The highest BCUT2D eigenvalue weighted by Crippen LogP contribution is 2.19. The van der Waals surface area contributed by atoms with Crippen LogP contribution in [0.15, 0.2) is 46.9 Å². The zero-order valence-corrected chi connectivity index (χ0v) is 12.3. The lowest BCUT2D eigenvalue weighted by atomic mass is 10.1. The van der Waals surface area contributed by atoms with Crippen LogP contribution in [0.2, 0.25) is 0 Å². The van der Waals surface area contributed by atoms with Crippen LogP contribution in [0, 0.1) is 15.9 Å². The van der Waals surface area contributed by atoms with Gasteiger partial charge in [-0.15, -0.1) is 0 Å². The molecule has 2 aromatic carbocycles. The topological polar surface area (TPSA) is 72.2 Å². The molecule has 0 atom stereocenters. The van der Waals surface area contributed by atoms with Gasteiger partial charge in [-0.1, -0.05) is 12.1 Å². The molecule has 1 amide bonds. The van der Waals surface area contributed by atoms with E-state index in [2.05, 4.69) is 21.2 Å². The molecular formula is C14H10BrFN2O3. The number of nitrogens with zero attached hydrogens (tertiary/aromatic N) is 1. The summed E-state index contributed by atoms with van der Waals surface area (Å²) in [6.07, 6.45) is 0.0513. The second-order valence-corrected chi connectivity index (χ2v) is 5.13. The maximum Gasteiger partial charge on any atom is 0.269 e. The fourth-order valence-electron chi connectivity index (χ4n) is 1.70. The summed E-state index contributed by atoms with van der Waals surface area (Å²) in [5, 5.41) is 13.1. The van der Waals surface area contributed by atoms with Crippen LogP contribution in [0.25, 0.3) is 0 Å². The molecule has 0 aliphatic rings. The van der Waals surface area contributed by atoms with Gasteiger partial charge in [-0.3, -0.25) is 14.9 Å². The van der Waals surface area contributed by atoms with E-state index in [1.54, 1.807) is 6.07 Å². The van der Waals surface area contributed by atoms with Gasteiger partial charge in [-0.2, -0.15) is 0 Å². The molecule has 0 saturated heterocycles. The van der Waals surface area contributed by atoms with Gasteiger partial charge in [0.15, 0.2) is 0 Å². The van der Waals surface area contributed by atoms with E-state index in [9.17, 15) is 19.3 Å². The molecule has 1 N–H and O–H groups in total. The van der Waals surface area contributed by atoms with Crippen LogP contribution in [-0.2, 0) is 11.2 Å². The predicted octanol–water partition coefficient (Wildman–Crippen LogP) is 3.68. The molecule has 0 aliphatic carbocycles. The molecule has 7 heteroatoms. The molecule has 0 aromatic heterocycles. The van der Waals surface area contributed by atoms with Crippen LogP contribution in [-0.4, -0.2) is 10.8 Å². The minimum absolute atomic E-state index is 0.0332. The van der Waals surface area contributed by atoms with Crippen molar-refractivity contribution in [2.24, 2.45) is 0 Å². The number of halogens is 2. The molecule has 0 heterocycles. The predicted molar refractivity (Wildman–Crippen MR) is 79.5 cm³/mol. The summed E-state index contributed by atoms with van der Waals surface area (Å²) in [5.74, 6) is -0.797. The Labute approximate surface area is 128 Å². The Morgan fingerprint density at radius 1 is 1.24 bits per heavy atom. The van der Waals surface area contributed by atoms with Gasteiger partial charge in [0.05, 0.1) is 15.8 Å². The second kappa shape index (κ2) is 6.45. The van der Waals surface area contributed by atoms with Gasteiger partial charge < -0.3 is 5.32 Å². The van der Waals surface area contributed by atoms with Crippen LogP contribution in [0.4, 0.5) is 15.8 Å². The number of hydrogen-bond acceptors (Lipinski definition) is 3. The number of rotatable bonds is 4. The van der Waals surface area contributed by atoms with E-state index >= 15 is 0 Å². The molecule has 0 bridgehead atoms. The third-order valence-electron chi connectivity index (χ3n) is 2.72. The molecule has 108 valence electrons. The summed E-state index contributed by atoms with van der Waals surface area (Å²) in [6, 6.07) is 9.97. The first-order valence-electron chi connectivity index (χ1n) is 5.94. The number of nitrogens with one attached hydrogen (secondary N) is 1. The van der Waals surface area contributed by atoms with Crippen molar-refractivity contribution >= 4 is 33.2 Å². The Balaban J connectivity index is 2.01. The quantitative estimate of drug-likeness (QED) is 0.673. The highest BCUT2D eigenvalue weighted by atomic mass is 79.9. The Morgan fingerprint density at radius 3 is 2.48 bits per heavy atom. The number of carbonyl (C=O) groups is 1. The van der Waals surface area contributed by atoms with Gasteiger partial charge >= 0.3 is 0 Å². The monoisotopic (exact) mass is 352 g/mol. The van der Waals surface area contributed by atoms with E-state index in [0.717, 1.165) is 0 Å². The van der Waals surface area contributed by atoms with Crippen molar-refractivity contribution in [2.75, 3.05) is 5.32 Å². The summed E-state index contributed by atoms with van der Waals surface area (Å²) in [4.78, 5) is 21.8. The van der Waals surface area contributed by atoms with Crippen molar-refractivity contribution in [1.82, 2.24) is 0 Å². The lowest BCUT2D eigenvalue weighted by Gasteiger charge is -2.06. The van der Waals surface area contributed by atoms with Gasteiger partial charge in [0, 0.05) is 17.8 Å². The molecular weight excluding hydrogens is 343 g/mol. The summed E-state index contributed by atoms with van der Waals surface area (Å²) in [6.45, 7) is 0. The Hall–Kier alpha value is -2.28. The number of anilines is 1. The first kappa shape index (κ1) is 15.1. The van der Waals surface area contributed by atoms with E-state index in [0.29, 0.717) is 15.7 Å². The highest BCUT2D eigenvalue weighted by molar-refractivity contribution is 9.10. The zero-order chi connectivity index (χ0) is 15.4. The van der Waals surface area contributed by atoms with Crippen molar-refractivity contribution < 1.29 is 14.1 Å². The molecule has 0 saturated carbocycles. The third kappa shape index (κ3) is 4.09. The van der Waals surface area contributed by atoms with Gasteiger partial charge in [-0.25, -0.2) is 4.39 Å². The van der Waals surface area contributed by atoms with E-state index < -0.39 is 10.7 Å². The van der Waals surface area contributed by atoms with E-state index in [-0.39, 0.29) is 18.0 Å². The Kier molecular flexibility index (Phi) is 4.64. The standard InChI is InChI=1S/C14H10BrFN2O3/c15-12-6-3-10(8-13(12)16)17-14(19)7-9-1-4-11(5-2-9)18(20)21/h1-6,8H,7H2,(H,17,19). The molecule has 2 rings (SSSR count). The smallest absolute Gasteiger partial charge is 0.269 e. The largest absolute Gasteiger partial charge is 0.326 e. The minimum Gasteiger partial charge on any atom is -0.326 e. The number of non-ortho nitro benzene ring substituents is 1. The third-order valence-corrected chi connectivity index (χ3v) is 3.36. The van der Waals surface area contributed by atoms with E-state index in [1.807, 2.05) is 0 Å². The average molecular weight is 353 g/mol. The van der Waals surface area contributed by atoms with Crippen LogP contribution >= 0.6 is 15.9 Å². The average Bonchev–Trinajstić information content (AvgIpc) is 2.43. The number of nitro benzene ring substituents is 1. The lowest BCUT2D eigenvalue weighted by Crippen LogP contribution is -2.14. The summed E-state index contributed by atoms with van der Waals surface area (Å²) < 4.78 is 13.6. The molecule has 0 radical (unpaired) electrons. The van der Waals surface area contributed by atoms with Gasteiger partial charge in [0.1, 0.15) is 5.82 Å². The Morgan fingerprint density at radius 2 is 1.90 bits per heavy atom. The number of benzene rings is 2. The van der Waals surface area contributed by atoms with E-state index in [1.165, 1.54) is 36.4 Å². The second-order valence-electron chi connectivity index (χ2n) is 4.28. The molecule has 5 nitrogen and oxygen atoms in total.